The highest BCUT2D eigenvalue weighted by molar-refractivity contribution is 8.00. The number of nitrogens with zero attached hydrogens (tertiary/aromatic N) is 2. The normalized spacial score (nSPS) is 11.6. The molecular formula is C13H13N3O2S2. The first kappa shape index (κ1) is 14.5. The second-order valence-corrected chi connectivity index (χ2v) is 5.85. The Hall–Kier alpha value is -1.86. The first-order chi connectivity index (χ1) is 9.58. The maximum absolute atomic E-state index is 12.2. The van der Waals surface area contributed by atoms with Crippen molar-refractivity contribution in [1.29, 1.82) is 0 Å². The lowest BCUT2D eigenvalue weighted by atomic mass is 10.2. The number of thioether (sulfide) groups is 1. The van der Waals surface area contributed by atoms with E-state index in [0.29, 0.717) is 15.3 Å². The molecule has 1 heterocycles. The van der Waals surface area contributed by atoms with Crippen molar-refractivity contribution in [2.24, 2.45) is 17.8 Å². The molecule has 0 radical (unpaired) electrons. The van der Waals surface area contributed by atoms with Gasteiger partial charge in [0.15, 0.2) is 4.80 Å². The predicted molar refractivity (Wildman–Crippen MR) is 79.5 cm³/mol. The van der Waals surface area contributed by atoms with Crippen LogP contribution < -0.4 is 10.5 Å². The Kier molecular flexibility index (Phi) is 4.75. The van der Waals surface area contributed by atoms with Crippen molar-refractivity contribution in [2.75, 3.05) is 5.75 Å². The maximum atomic E-state index is 12.2. The Balaban J connectivity index is 2.31. The Morgan fingerprint density at radius 1 is 1.40 bits per heavy atom. The van der Waals surface area contributed by atoms with Crippen molar-refractivity contribution < 1.29 is 9.59 Å². The van der Waals surface area contributed by atoms with Crippen LogP contribution in [0.3, 0.4) is 0 Å². The topological polar surface area (TPSA) is 77.4 Å². The molecule has 5 nitrogen and oxygen atoms in total. The van der Waals surface area contributed by atoms with Gasteiger partial charge in [-0.25, -0.2) is 0 Å². The average Bonchev–Trinajstić information content (AvgIpc) is 2.82. The quantitative estimate of drug-likeness (QED) is 0.867. The molecule has 1 aromatic heterocycles. The van der Waals surface area contributed by atoms with Crippen molar-refractivity contribution in [2.45, 2.75) is 4.90 Å². The Morgan fingerprint density at radius 3 is 2.80 bits per heavy atom. The number of hydrogen-bond donors (Lipinski definition) is 1. The number of aryl methyl sites for hydroxylation is 1. The van der Waals surface area contributed by atoms with Crippen molar-refractivity contribution in [1.82, 2.24) is 4.57 Å². The van der Waals surface area contributed by atoms with Crippen molar-refractivity contribution in [3.05, 3.63) is 46.2 Å². The molecule has 0 aliphatic carbocycles. The van der Waals surface area contributed by atoms with E-state index in [1.165, 1.54) is 23.1 Å². The van der Waals surface area contributed by atoms with Gasteiger partial charge in [-0.15, -0.1) is 23.1 Å². The van der Waals surface area contributed by atoms with E-state index in [-0.39, 0.29) is 11.7 Å². The monoisotopic (exact) mass is 307 g/mol. The number of primary amides is 1. The highest BCUT2D eigenvalue weighted by Gasteiger charge is 2.11. The molecule has 0 aliphatic rings. The van der Waals surface area contributed by atoms with Crippen LogP contribution in [0.5, 0.6) is 0 Å². The van der Waals surface area contributed by atoms with Crippen LogP contribution in [0.2, 0.25) is 0 Å². The number of thiazole rings is 1. The molecule has 0 spiro atoms. The zero-order valence-electron chi connectivity index (χ0n) is 10.8. The minimum atomic E-state index is -0.418. The van der Waals surface area contributed by atoms with E-state index in [1.807, 2.05) is 24.7 Å². The fourth-order valence-corrected chi connectivity index (χ4v) is 3.01. The lowest BCUT2D eigenvalue weighted by Gasteiger charge is -2.04. The Labute approximate surface area is 124 Å². The Bertz CT molecular complexity index is 703. The van der Waals surface area contributed by atoms with Gasteiger partial charge in [0.05, 0.1) is 11.3 Å². The summed E-state index contributed by atoms with van der Waals surface area (Å²) in [4.78, 5) is 28.5. The zero-order valence-corrected chi connectivity index (χ0v) is 12.4. The first-order valence-corrected chi connectivity index (χ1v) is 7.64. The molecule has 2 amide bonds. The lowest BCUT2D eigenvalue weighted by molar-refractivity contribution is -0.115. The second-order valence-electron chi connectivity index (χ2n) is 3.96. The van der Waals surface area contributed by atoms with Crippen molar-refractivity contribution >= 4 is 34.9 Å². The summed E-state index contributed by atoms with van der Waals surface area (Å²) >= 11 is 2.63. The van der Waals surface area contributed by atoms with Gasteiger partial charge in [-0.1, -0.05) is 12.1 Å². The molecule has 2 N–H and O–H groups in total. The van der Waals surface area contributed by atoms with Gasteiger partial charge in [0.25, 0.3) is 5.91 Å². The number of aromatic nitrogens is 1. The molecule has 0 saturated heterocycles. The number of amides is 2. The Morgan fingerprint density at radius 2 is 2.15 bits per heavy atom. The fourth-order valence-electron chi connectivity index (χ4n) is 1.50. The van der Waals surface area contributed by atoms with Crippen molar-refractivity contribution in [3.8, 4) is 0 Å². The molecule has 0 saturated carbocycles. The molecule has 0 unspecified atom stereocenters. The molecule has 104 valence electrons. The minimum Gasteiger partial charge on any atom is -0.369 e. The average molecular weight is 307 g/mol. The SMILES string of the molecule is Cn1ccsc1=NC(=O)c1ccccc1SCC(N)=O. The van der Waals surface area contributed by atoms with Crippen LogP contribution >= 0.6 is 23.1 Å². The molecule has 2 rings (SSSR count). The van der Waals surface area contributed by atoms with E-state index in [4.69, 9.17) is 5.73 Å². The molecule has 20 heavy (non-hydrogen) atoms. The third-order valence-corrected chi connectivity index (χ3v) is 4.39. The number of nitrogens with two attached hydrogens (primary N) is 1. The molecule has 0 atom stereocenters. The summed E-state index contributed by atoms with van der Waals surface area (Å²) in [6.45, 7) is 0. The minimum absolute atomic E-state index is 0.136. The smallest absolute Gasteiger partial charge is 0.280 e. The summed E-state index contributed by atoms with van der Waals surface area (Å²) in [6, 6.07) is 7.06. The van der Waals surface area contributed by atoms with Gasteiger partial charge in [-0.2, -0.15) is 4.99 Å². The predicted octanol–water partition coefficient (Wildman–Crippen LogP) is 1.41. The summed E-state index contributed by atoms with van der Waals surface area (Å²) in [5.74, 6) is -0.605. The molecule has 1 aromatic carbocycles. The maximum Gasteiger partial charge on any atom is 0.280 e. The summed E-state index contributed by atoms with van der Waals surface area (Å²) in [7, 11) is 1.83. The fraction of sp³-hybridized carbons (Fsp3) is 0.154. The van der Waals surface area contributed by atoms with E-state index in [1.54, 1.807) is 22.8 Å². The van der Waals surface area contributed by atoms with Crippen LogP contribution in [0.4, 0.5) is 0 Å². The van der Waals surface area contributed by atoms with Crippen LogP contribution in [-0.2, 0) is 11.8 Å². The molecule has 0 fully saturated rings. The van der Waals surface area contributed by atoms with Crippen LogP contribution in [0, 0.1) is 0 Å². The van der Waals surface area contributed by atoms with Crippen LogP contribution in [0.15, 0.2) is 45.7 Å². The summed E-state index contributed by atoms with van der Waals surface area (Å²) in [5, 5.41) is 1.86. The number of benzene rings is 1. The molecule has 2 aromatic rings. The third kappa shape index (κ3) is 3.58. The highest BCUT2D eigenvalue weighted by Crippen LogP contribution is 2.22. The second kappa shape index (κ2) is 6.53. The number of carbonyl (C=O) groups is 2. The van der Waals surface area contributed by atoms with Crippen LogP contribution in [0.1, 0.15) is 10.4 Å². The van der Waals surface area contributed by atoms with E-state index in [2.05, 4.69) is 4.99 Å². The first-order valence-electron chi connectivity index (χ1n) is 5.77. The molecule has 0 aliphatic heterocycles. The summed E-state index contributed by atoms with van der Waals surface area (Å²) in [5.41, 5.74) is 5.61. The van der Waals surface area contributed by atoms with Crippen molar-refractivity contribution in [3.63, 3.8) is 0 Å². The van der Waals surface area contributed by atoms with Crippen LogP contribution in [-0.4, -0.2) is 22.1 Å². The van der Waals surface area contributed by atoms with Gasteiger partial charge < -0.3 is 10.3 Å². The van der Waals surface area contributed by atoms with Gasteiger partial charge in [-0.05, 0) is 12.1 Å². The van der Waals surface area contributed by atoms with Gasteiger partial charge in [0.1, 0.15) is 0 Å². The van der Waals surface area contributed by atoms with E-state index < -0.39 is 5.91 Å². The molecular weight excluding hydrogens is 294 g/mol. The van der Waals surface area contributed by atoms with Gasteiger partial charge in [0, 0.05) is 23.5 Å². The van der Waals surface area contributed by atoms with Gasteiger partial charge in [-0.3, -0.25) is 9.59 Å². The van der Waals surface area contributed by atoms with Gasteiger partial charge >= 0.3 is 0 Å². The molecule has 7 heteroatoms. The summed E-state index contributed by atoms with van der Waals surface area (Å²) in [6.07, 6.45) is 1.84. The van der Waals surface area contributed by atoms with E-state index in [0.717, 1.165) is 0 Å². The standard InChI is InChI=1S/C13H13N3O2S2/c1-16-6-7-19-13(16)15-12(18)9-4-2-3-5-10(9)20-8-11(14)17/h2-7H,8H2,1H3,(H2,14,17). The third-order valence-electron chi connectivity index (χ3n) is 2.44. The number of rotatable bonds is 4. The lowest BCUT2D eigenvalue weighted by Crippen LogP contribution is -2.14. The van der Waals surface area contributed by atoms with Crippen LogP contribution in [0.25, 0.3) is 0 Å². The molecule has 0 bridgehead atoms. The summed E-state index contributed by atoms with van der Waals surface area (Å²) < 4.78 is 1.78. The van der Waals surface area contributed by atoms with E-state index in [9.17, 15) is 9.59 Å². The van der Waals surface area contributed by atoms with Gasteiger partial charge in [0.2, 0.25) is 5.91 Å². The number of carbonyl (C=O) groups excluding carboxylic acids is 2. The highest BCUT2D eigenvalue weighted by atomic mass is 32.2. The van der Waals surface area contributed by atoms with E-state index >= 15 is 0 Å². The number of hydrogen-bond acceptors (Lipinski definition) is 4. The zero-order chi connectivity index (χ0) is 14.5. The largest absolute Gasteiger partial charge is 0.369 e.